The van der Waals surface area contributed by atoms with E-state index in [0.717, 1.165) is 10.5 Å². The topological polar surface area (TPSA) is 97.6 Å². The van der Waals surface area contributed by atoms with Crippen LogP contribution in [-0.4, -0.2) is 30.8 Å². The lowest BCUT2D eigenvalue weighted by Gasteiger charge is -2.05. The molecule has 0 bridgehead atoms. The molecule has 0 radical (unpaired) electrons. The van der Waals surface area contributed by atoms with Crippen LogP contribution < -0.4 is 10.6 Å². The SMILES string of the molecule is CSc1ccc(/C=C/C(=O)OCC(=O)NC(=O)NCc2ccco2)cc1. The van der Waals surface area contributed by atoms with E-state index in [9.17, 15) is 14.4 Å². The zero-order valence-corrected chi connectivity index (χ0v) is 14.9. The summed E-state index contributed by atoms with van der Waals surface area (Å²) in [5.41, 5.74) is 0.835. The third kappa shape index (κ3) is 6.86. The van der Waals surface area contributed by atoms with Gasteiger partial charge in [0.05, 0.1) is 12.8 Å². The zero-order chi connectivity index (χ0) is 18.8. The lowest BCUT2D eigenvalue weighted by molar-refractivity contribution is -0.143. The number of nitrogens with one attached hydrogen (secondary N) is 2. The van der Waals surface area contributed by atoms with E-state index in [0.29, 0.717) is 5.76 Å². The Kier molecular flexibility index (Phi) is 7.50. The second kappa shape index (κ2) is 10.1. The number of carbonyl (C=O) groups is 3. The molecule has 0 aliphatic carbocycles. The number of esters is 1. The fraction of sp³-hybridized carbons (Fsp3) is 0.167. The van der Waals surface area contributed by atoms with E-state index in [1.165, 1.54) is 12.3 Å². The molecule has 2 N–H and O–H groups in total. The molecule has 26 heavy (non-hydrogen) atoms. The largest absolute Gasteiger partial charge is 0.467 e. The number of amides is 3. The molecule has 2 rings (SSSR count). The molecule has 1 aromatic heterocycles. The molecule has 0 unspecified atom stereocenters. The van der Waals surface area contributed by atoms with Crippen molar-refractivity contribution in [2.45, 2.75) is 11.4 Å². The van der Waals surface area contributed by atoms with Gasteiger partial charge in [0.1, 0.15) is 5.76 Å². The van der Waals surface area contributed by atoms with E-state index in [1.54, 1.807) is 30.0 Å². The summed E-state index contributed by atoms with van der Waals surface area (Å²) < 4.78 is 9.82. The number of hydrogen-bond acceptors (Lipinski definition) is 6. The Balaban J connectivity index is 1.67. The maximum Gasteiger partial charge on any atom is 0.331 e. The maximum absolute atomic E-state index is 11.6. The number of thioether (sulfide) groups is 1. The number of carbonyl (C=O) groups excluding carboxylic acids is 3. The summed E-state index contributed by atoms with van der Waals surface area (Å²) in [5, 5.41) is 4.49. The van der Waals surface area contributed by atoms with Gasteiger partial charge < -0.3 is 14.5 Å². The number of benzene rings is 1. The van der Waals surface area contributed by atoms with Crippen LogP contribution in [0.2, 0.25) is 0 Å². The van der Waals surface area contributed by atoms with E-state index in [4.69, 9.17) is 9.15 Å². The van der Waals surface area contributed by atoms with Gasteiger partial charge >= 0.3 is 12.0 Å². The van der Waals surface area contributed by atoms with Crippen LogP contribution in [0.1, 0.15) is 11.3 Å². The molecule has 0 spiro atoms. The highest BCUT2D eigenvalue weighted by Crippen LogP contribution is 2.15. The summed E-state index contributed by atoms with van der Waals surface area (Å²) in [6, 6.07) is 10.3. The van der Waals surface area contributed by atoms with Crippen LogP contribution in [0.15, 0.2) is 58.1 Å². The molecular formula is C18H18N2O5S. The highest BCUT2D eigenvalue weighted by atomic mass is 32.2. The van der Waals surface area contributed by atoms with Crippen LogP contribution in [-0.2, 0) is 20.9 Å². The van der Waals surface area contributed by atoms with Gasteiger partial charge in [-0.15, -0.1) is 11.8 Å². The average molecular weight is 374 g/mol. The normalized spacial score (nSPS) is 10.5. The van der Waals surface area contributed by atoms with Crippen molar-refractivity contribution in [2.75, 3.05) is 12.9 Å². The van der Waals surface area contributed by atoms with E-state index in [2.05, 4.69) is 5.32 Å². The Morgan fingerprint density at radius 2 is 1.96 bits per heavy atom. The second-order valence-electron chi connectivity index (χ2n) is 5.02. The molecule has 0 saturated heterocycles. The molecule has 0 aliphatic heterocycles. The van der Waals surface area contributed by atoms with Gasteiger partial charge in [0, 0.05) is 11.0 Å². The Hall–Kier alpha value is -3.00. The Morgan fingerprint density at radius 3 is 2.62 bits per heavy atom. The van der Waals surface area contributed by atoms with Crippen LogP contribution in [0.5, 0.6) is 0 Å². The third-order valence-electron chi connectivity index (χ3n) is 3.13. The fourth-order valence-corrected chi connectivity index (χ4v) is 2.26. The van der Waals surface area contributed by atoms with Gasteiger partial charge in [0.25, 0.3) is 5.91 Å². The first-order valence-electron chi connectivity index (χ1n) is 7.66. The number of ether oxygens (including phenoxy) is 1. The van der Waals surface area contributed by atoms with Gasteiger partial charge in [-0.05, 0) is 42.2 Å². The minimum atomic E-state index is -0.729. The first kappa shape index (κ1) is 19.3. The third-order valence-corrected chi connectivity index (χ3v) is 3.87. The second-order valence-corrected chi connectivity index (χ2v) is 5.90. The van der Waals surface area contributed by atoms with Crippen LogP contribution in [0.25, 0.3) is 6.08 Å². The minimum Gasteiger partial charge on any atom is -0.467 e. The summed E-state index contributed by atoms with van der Waals surface area (Å²) in [6.45, 7) is -0.410. The molecule has 3 amide bonds. The standard InChI is InChI=1S/C18H18N2O5S/c1-26-15-7-4-13(5-8-15)6-9-17(22)25-12-16(21)20-18(23)19-11-14-3-2-10-24-14/h2-10H,11-12H2,1H3,(H2,19,20,21,23)/b9-6+. The van der Waals surface area contributed by atoms with Crippen LogP contribution in [0.4, 0.5) is 4.79 Å². The van der Waals surface area contributed by atoms with Gasteiger partial charge in [-0.25, -0.2) is 9.59 Å². The zero-order valence-electron chi connectivity index (χ0n) is 14.1. The molecule has 0 aliphatic rings. The smallest absolute Gasteiger partial charge is 0.331 e. The first-order chi connectivity index (χ1) is 12.6. The Bertz CT molecular complexity index is 769. The predicted octanol–water partition coefficient (Wildman–Crippen LogP) is 2.58. The molecule has 2 aromatic rings. The highest BCUT2D eigenvalue weighted by molar-refractivity contribution is 7.98. The van der Waals surface area contributed by atoms with Gasteiger partial charge in [0.15, 0.2) is 6.61 Å². The van der Waals surface area contributed by atoms with Crippen molar-refractivity contribution in [1.29, 1.82) is 0 Å². The van der Waals surface area contributed by atoms with Gasteiger partial charge in [0.2, 0.25) is 0 Å². The van der Waals surface area contributed by atoms with Gasteiger partial charge in [-0.3, -0.25) is 10.1 Å². The molecule has 0 saturated carbocycles. The Labute approximate surface area is 154 Å². The van der Waals surface area contributed by atoms with Crippen LogP contribution in [0.3, 0.4) is 0 Å². The summed E-state index contributed by atoms with van der Waals surface area (Å²) in [7, 11) is 0. The van der Waals surface area contributed by atoms with Crippen molar-refractivity contribution in [3.05, 3.63) is 60.1 Å². The van der Waals surface area contributed by atoms with E-state index in [1.807, 2.05) is 35.8 Å². The minimum absolute atomic E-state index is 0.143. The summed E-state index contributed by atoms with van der Waals surface area (Å²) >= 11 is 1.62. The van der Waals surface area contributed by atoms with Crippen molar-refractivity contribution in [3.8, 4) is 0 Å². The molecule has 1 aromatic carbocycles. The number of rotatable bonds is 7. The molecule has 0 atom stereocenters. The monoisotopic (exact) mass is 374 g/mol. The maximum atomic E-state index is 11.6. The van der Waals surface area contributed by atoms with E-state index < -0.39 is 24.5 Å². The van der Waals surface area contributed by atoms with Gasteiger partial charge in [-0.1, -0.05) is 12.1 Å². The van der Waals surface area contributed by atoms with Crippen molar-refractivity contribution < 1.29 is 23.5 Å². The molecule has 7 nitrogen and oxygen atoms in total. The molecular weight excluding hydrogens is 356 g/mol. The number of hydrogen-bond donors (Lipinski definition) is 2. The van der Waals surface area contributed by atoms with Crippen LogP contribution in [0, 0.1) is 0 Å². The van der Waals surface area contributed by atoms with E-state index >= 15 is 0 Å². The first-order valence-corrected chi connectivity index (χ1v) is 8.88. The molecule has 0 fully saturated rings. The fourth-order valence-electron chi connectivity index (χ4n) is 1.85. The number of imide groups is 1. The molecule has 1 heterocycles. The van der Waals surface area contributed by atoms with E-state index in [-0.39, 0.29) is 6.54 Å². The molecule has 8 heteroatoms. The summed E-state index contributed by atoms with van der Waals surface area (Å²) in [6.07, 6.45) is 6.26. The number of urea groups is 1. The average Bonchev–Trinajstić information content (AvgIpc) is 3.17. The lowest BCUT2D eigenvalue weighted by Crippen LogP contribution is -2.41. The summed E-state index contributed by atoms with van der Waals surface area (Å²) in [4.78, 5) is 35.8. The van der Waals surface area contributed by atoms with Crippen molar-refractivity contribution in [2.24, 2.45) is 0 Å². The molecule has 136 valence electrons. The Morgan fingerprint density at radius 1 is 1.19 bits per heavy atom. The van der Waals surface area contributed by atoms with Crippen molar-refractivity contribution in [1.82, 2.24) is 10.6 Å². The van der Waals surface area contributed by atoms with Crippen molar-refractivity contribution >= 4 is 35.7 Å². The predicted molar refractivity (Wildman–Crippen MR) is 97.3 cm³/mol. The highest BCUT2D eigenvalue weighted by Gasteiger charge is 2.10. The quantitative estimate of drug-likeness (QED) is 0.439. The van der Waals surface area contributed by atoms with Crippen LogP contribution >= 0.6 is 11.8 Å². The number of furan rings is 1. The lowest BCUT2D eigenvalue weighted by atomic mass is 10.2. The summed E-state index contributed by atoms with van der Waals surface area (Å²) in [5.74, 6) is -0.854. The van der Waals surface area contributed by atoms with Gasteiger partial charge in [-0.2, -0.15) is 0 Å². The van der Waals surface area contributed by atoms with Crippen molar-refractivity contribution in [3.63, 3.8) is 0 Å².